The van der Waals surface area contributed by atoms with Crippen molar-refractivity contribution in [1.82, 2.24) is 5.32 Å². The summed E-state index contributed by atoms with van der Waals surface area (Å²) in [6.07, 6.45) is -0.153. The second kappa shape index (κ2) is 8.76. The van der Waals surface area contributed by atoms with E-state index in [-0.39, 0.29) is 12.7 Å². The van der Waals surface area contributed by atoms with E-state index in [1.807, 2.05) is 37.3 Å². The Hall–Kier alpha value is -1.59. The van der Waals surface area contributed by atoms with Crippen molar-refractivity contribution in [3.8, 4) is 0 Å². The fourth-order valence-electron chi connectivity index (χ4n) is 2.01. The first-order valence-electron chi connectivity index (χ1n) is 7.61. The van der Waals surface area contributed by atoms with E-state index in [1.165, 1.54) is 0 Å². The van der Waals surface area contributed by atoms with Gasteiger partial charge in [-0.15, -0.1) is 0 Å². The Morgan fingerprint density at radius 2 is 1.91 bits per heavy atom. The van der Waals surface area contributed by atoms with E-state index in [2.05, 4.69) is 5.32 Å². The van der Waals surface area contributed by atoms with Crippen LogP contribution in [0.5, 0.6) is 0 Å². The molecule has 0 saturated carbocycles. The molecule has 0 bridgehead atoms. The highest BCUT2D eigenvalue weighted by Crippen LogP contribution is 2.11. The fourth-order valence-corrected chi connectivity index (χ4v) is 2.01. The van der Waals surface area contributed by atoms with E-state index in [0.717, 1.165) is 5.56 Å². The zero-order valence-electron chi connectivity index (χ0n) is 13.8. The molecule has 0 aliphatic carbocycles. The molecule has 0 radical (unpaired) electrons. The molecule has 0 heterocycles. The number of hydrogen-bond acceptors (Lipinski definition) is 4. The predicted octanol–water partition coefficient (Wildman–Crippen LogP) is 2.87. The zero-order chi connectivity index (χ0) is 16.6. The van der Waals surface area contributed by atoms with Crippen molar-refractivity contribution in [3.63, 3.8) is 0 Å². The van der Waals surface area contributed by atoms with Crippen LogP contribution >= 0.6 is 0 Å². The minimum atomic E-state index is -0.573. The second-order valence-corrected chi connectivity index (χ2v) is 6.18. The second-order valence-electron chi connectivity index (χ2n) is 6.18. The van der Waals surface area contributed by atoms with Gasteiger partial charge in [0.25, 0.3) is 0 Å². The quantitative estimate of drug-likeness (QED) is 0.812. The normalized spacial score (nSPS) is 14.2. The summed E-state index contributed by atoms with van der Waals surface area (Å²) < 4.78 is 11.0. The van der Waals surface area contributed by atoms with Crippen molar-refractivity contribution in [2.24, 2.45) is 0 Å². The lowest BCUT2D eigenvalue weighted by Gasteiger charge is -2.27. The number of carbonyl (C=O) groups is 1. The van der Waals surface area contributed by atoms with E-state index in [9.17, 15) is 9.90 Å². The molecule has 0 fully saturated rings. The standard InChI is InChI=1S/C17H27NO4/c1-5-15(21-12-13-9-7-6-8-10-13)14(11-19)18-16(20)22-17(2,3)4/h6-10,14-15,19H,5,11-12H2,1-4H3,(H,18,20)/t14-,15+/m0/s1. The molecule has 1 aromatic carbocycles. The summed E-state index contributed by atoms with van der Waals surface area (Å²) in [5.41, 5.74) is 0.478. The van der Waals surface area contributed by atoms with E-state index in [0.29, 0.717) is 13.0 Å². The van der Waals surface area contributed by atoms with Crippen molar-refractivity contribution in [2.75, 3.05) is 6.61 Å². The number of rotatable bonds is 7. The van der Waals surface area contributed by atoms with Crippen LogP contribution in [0, 0.1) is 0 Å². The van der Waals surface area contributed by atoms with Crippen LogP contribution < -0.4 is 5.32 Å². The van der Waals surface area contributed by atoms with E-state index in [1.54, 1.807) is 20.8 Å². The molecule has 2 atom stereocenters. The minimum Gasteiger partial charge on any atom is -0.444 e. The van der Waals surface area contributed by atoms with Gasteiger partial charge in [0.2, 0.25) is 0 Å². The Bertz CT molecular complexity index is 442. The molecule has 22 heavy (non-hydrogen) atoms. The summed E-state index contributed by atoms with van der Waals surface area (Å²) in [6, 6.07) is 9.29. The number of alkyl carbamates (subject to hydrolysis) is 1. The number of hydrogen-bond donors (Lipinski definition) is 2. The third-order valence-corrected chi connectivity index (χ3v) is 3.06. The molecule has 1 aromatic rings. The van der Waals surface area contributed by atoms with Gasteiger partial charge in [0.1, 0.15) is 5.60 Å². The molecule has 0 saturated heterocycles. The molecule has 5 nitrogen and oxygen atoms in total. The van der Waals surface area contributed by atoms with Crippen molar-refractivity contribution >= 4 is 6.09 Å². The highest BCUT2D eigenvalue weighted by atomic mass is 16.6. The van der Waals surface area contributed by atoms with Gasteiger partial charge in [-0.2, -0.15) is 0 Å². The summed E-state index contributed by atoms with van der Waals surface area (Å²) in [4.78, 5) is 11.8. The highest BCUT2D eigenvalue weighted by Gasteiger charge is 2.25. The highest BCUT2D eigenvalue weighted by molar-refractivity contribution is 5.68. The SMILES string of the molecule is CC[C@@H](OCc1ccccc1)[C@H](CO)NC(=O)OC(C)(C)C. The Morgan fingerprint density at radius 3 is 2.41 bits per heavy atom. The predicted molar refractivity (Wildman–Crippen MR) is 85.6 cm³/mol. The van der Waals surface area contributed by atoms with Gasteiger partial charge in [-0.05, 0) is 32.8 Å². The number of carbonyl (C=O) groups excluding carboxylic acids is 1. The van der Waals surface area contributed by atoms with Gasteiger partial charge in [-0.25, -0.2) is 4.79 Å². The van der Waals surface area contributed by atoms with Gasteiger partial charge in [0.05, 0.1) is 25.4 Å². The summed E-state index contributed by atoms with van der Waals surface area (Å²) in [6.45, 7) is 7.57. The summed E-state index contributed by atoms with van der Waals surface area (Å²) in [5, 5.41) is 12.2. The van der Waals surface area contributed by atoms with Crippen LogP contribution in [-0.2, 0) is 16.1 Å². The van der Waals surface area contributed by atoms with Crippen LogP contribution in [0.4, 0.5) is 4.79 Å². The Balaban J connectivity index is 2.56. The largest absolute Gasteiger partial charge is 0.444 e. The smallest absolute Gasteiger partial charge is 0.408 e. The molecular weight excluding hydrogens is 282 g/mol. The minimum absolute atomic E-state index is 0.202. The van der Waals surface area contributed by atoms with Crippen LogP contribution in [0.2, 0.25) is 0 Å². The fraction of sp³-hybridized carbons (Fsp3) is 0.588. The number of ether oxygens (including phenoxy) is 2. The monoisotopic (exact) mass is 309 g/mol. The van der Waals surface area contributed by atoms with Crippen molar-refractivity contribution in [2.45, 2.75) is 58.5 Å². The van der Waals surface area contributed by atoms with E-state index >= 15 is 0 Å². The van der Waals surface area contributed by atoms with Gasteiger partial charge in [0, 0.05) is 0 Å². The molecule has 0 aromatic heterocycles. The van der Waals surface area contributed by atoms with Crippen LogP contribution in [0.1, 0.15) is 39.7 Å². The number of benzene rings is 1. The maximum Gasteiger partial charge on any atom is 0.408 e. The van der Waals surface area contributed by atoms with Crippen molar-refractivity contribution in [3.05, 3.63) is 35.9 Å². The Kier molecular flexibility index (Phi) is 7.35. The average Bonchev–Trinajstić information content (AvgIpc) is 2.45. The Morgan fingerprint density at radius 1 is 1.27 bits per heavy atom. The molecule has 0 aliphatic heterocycles. The van der Waals surface area contributed by atoms with E-state index in [4.69, 9.17) is 9.47 Å². The van der Waals surface area contributed by atoms with Crippen LogP contribution in [0.15, 0.2) is 30.3 Å². The zero-order valence-corrected chi connectivity index (χ0v) is 13.8. The number of aliphatic hydroxyl groups excluding tert-OH is 1. The van der Waals surface area contributed by atoms with Gasteiger partial charge in [0.15, 0.2) is 0 Å². The maximum atomic E-state index is 11.8. The van der Waals surface area contributed by atoms with E-state index < -0.39 is 17.7 Å². The first-order valence-corrected chi connectivity index (χ1v) is 7.61. The third-order valence-electron chi connectivity index (χ3n) is 3.06. The molecule has 124 valence electrons. The summed E-state index contributed by atoms with van der Waals surface area (Å²) >= 11 is 0. The third kappa shape index (κ3) is 6.91. The Labute approximate surface area is 132 Å². The lowest BCUT2D eigenvalue weighted by molar-refractivity contribution is -0.00861. The first kappa shape index (κ1) is 18.5. The summed E-state index contributed by atoms with van der Waals surface area (Å²) in [7, 11) is 0. The number of aliphatic hydroxyl groups is 1. The first-order chi connectivity index (χ1) is 10.4. The lowest BCUT2D eigenvalue weighted by Crippen LogP contribution is -2.48. The van der Waals surface area contributed by atoms with Gasteiger partial charge in [-0.1, -0.05) is 37.3 Å². The van der Waals surface area contributed by atoms with Crippen molar-refractivity contribution in [1.29, 1.82) is 0 Å². The van der Waals surface area contributed by atoms with Crippen LogP contribution in [-0.4, -0.2) is 35.6 Å². The topological polar surface area (TPSA) is 67.8 Å². The van der Waals surface area contributed by atoms with Gasteiger partial charge < -0.3 is 19.9 Å². The van der Waals surface area contributed by atoms with Crippen LogP contribution in [0.25, 0.3) is 0 Å². The molecule has 2 N–H and O–H groups in total. The van der Waals surface area contributed by atoms with Gasteiger partial charge >= 0.3 is 6.09 Å². The summed E-state index contributed by atoms with van der Waals surface area (Å²) in [5.74, 6) is 0. The molecule has 0 aliphatic rings. The molecule has 0 unspecified atom stereocenters. The molecule has 1 rings (SSSR count). The molecule has 1 amide bonds. The maximum absolute atomic E-state index is 11.8. The molecule has 0 spiro atoms. The number of amides is 1. The molecule has 5 heteroatoms. The van der Waals surface area contributed by atoms with Gasteiger partial charge in [-0.3, -0.25) is 0 Å². The molecular formula is C17H27NO4. The van der Waals surface area contributed by atoms with Crippen molar-refractivity contribution < 1.29 is 19.4 Å². The lowest BCUT2D eigenvalue weighted by atomic mass is 10.1. The number of nitrogens with one attached hydrogen (secondary N) is 1. The average molecular weight is 309 g/mol. The van der Waals surface area contributed by atoms with Crippen LogP contribution in [0.3, 0.4) is 0 Å².